The molecule has 0 aromatic heterocycles. The normalized spacial score (nSPS) is 18.8. The van der Waals surface area contributed by atoms with Crippen LogP contribution >= 0.6 is 0 Å². The molecule has 4 amide bonds. The van der Waals surface area contributed by atoms with Gasteiger partial charge in [-0.3, -0.25) is 9.59 Å². The molecule has 2 fully saturated rings. The van der Waals surface area contributed by atoms with E-state index >= 15 is 0 Å². The van der Waals surface area contributed by atoms with Crippen LogP contribution in [0.2, 0.25) is 0 Å². The predicted octanol–water partition coefficient (Wildman–Crippen LogP) is 2.67. The van der Waals surface area contributed by atoms with Gasteiger partial charge < -0.3 is 20.9 Å². The van der Waals surface area contributed by atoms with Crippen LogP contribution in [0.25, 0.3) is 0 Å². The minimum Gasteiger partial charge on any atom is -0.351 e. The van der Waals surface area contributed by atoms with E-state index in [0.29, 0.717) is 25.6 Å². The highest BCUT2D eigenvalue weighted by atomic mass is 16.2. The number of carbonyl (C=O) groups excluding carboxylic acids is 3. The maximum Gasteiger partial charge on any atom is 0.317 e. The molecule has 7 nitrogen and oxygen atoms in total. The molecule has 1 aromatic rings. The van der Waals surface area contributed by atoms with E-state index in [2.05, 4.69) is 16.0 Å². The van der Waals surface area contributed by atoms with Crippen LogP contribution in [-0.4, -0.2) is 54.0 Å². The minimum absolute atomic E-state index is 0.0144. The average molecular weight is 429 g/mol. The fourth-order valence-corrected chi connectivity index (χ4v) is 4.46. The Morgan fingerprint density at radius 2 is 1.55 bits per heavy atom. The largest absolute Gasteiger partial charge is 0.351 e. The summed E-state index contributed by atoms with van der Waals surface area (Å²) in [5, 5.41) is 9.03. The number of hydrogen-bond donors (Lipinski definition) is 3. The monoisotopic (exact) mass is 428 g/mol. The number of hydrogen-bond acceptors (Lipinski definition) is 3. The van der Waals surface area contributed by atoms with Gasteiger partial charge in [-0.05, 0) is 38.2 Å². The molecule has 1 atom stereocenters. The van der Waals surface area contributed by atoms with Gasteiger partial charge in [0, 0.05) is 38.5 Å². The molecule has 1 saturated carbocycles. The molecule has 0 unspecified atom stereocenters. The van der Waals surface area contributed by atoms with E-state index in [1.165, 1.54) is 26.2 Å². The third-order valence-corrected chi connectivity index (χ3v) is 6.32. The molecule has 1 aromatic carbocycles. The van der Waals surface area contributed by atoms with E-state index in [0.717, 1.165) is 36.8 Å². The second-order valence-electron chi connectivity index (χ2n) is 9.00. The summed E-state index contributed by atoms with van der Waals surface area (Å²) in [6.07, 6.45) is 7.69. The quantitative estimate of drug-likeness (QED) is 0.651. The second-order valence-corrected chi connectivity index (χ2v) is 9.00. The summed E-state index contributed by atoms with van der Waals surface area (Å²) in [6.45, 7) is 4.71. The summed E-state index contributed by atoms with van der Waals surface area (Å²) in [6, 6.07) is 7.72. The van der Waals surface area contributed by atoms with Crippen LogP contribution in [0.1, 0.15) is 63.0 Å². The molecule has 170 valence electrons. The standard InChI is InChI=1S/C24H36N4O3/c1-17-8-10-19(11-9-17)16-22(25-18(2)29)23(30)26-21-12-14-28(15-13-21)24(31)27-20-6-4-3-5-7-20/h8-11,20-22H,3-7,12-16H2,1-2H3,(H,25,29)(H,26,30)(H,27,31)/t22-/m0/s1. The zero-order valence-corrected chi connectivity index (χ0v) is 18.8. The van der Waals surface area contributed by atoms with Gasteiger partial charge in [-0.25, -0.2) is 4.79 Å². The van der Waals surface area contributed by atoms with E-state index in [1.807, 2.05) is 36.1 Å². The molecule has 1 aliphatic heterocycles. The Kier molecular flexibility index (Phi) is 8.32. The summed E-state index contributed by atoms with van der Waals surface area (Å²) >= 11 is 0. The fraction of sp³-hybridized carbons (Fsp3) is 0.625. The first-order valence-corrected chi connectivity index (χ1v) is 11.6. The summed E-state index contributed by atoms with van der Waals surface area (Å²) in [5.74, 6) is -0.387. The van der Waals surface area contributed by atoms with Crippen LogP contribution in [-0.2, 0) is 16.0 Å². The number of rotatable bonds is 6. The maximum atomic E-state index is 12.9. The van der Waals surface area contributed by atoms with Crippen molar-refractivity contribution in [2.24, 2.45) is 0 Å². The number of nitrogens with zero attached hydrogens (tertiary/aromatic N) is 1. The van der Waals surface area contributed by atoms with Crippen molar-refractivity contribution in [2.75, 3.05) is 13.1 Å². The number of piperidine rings is 1. The Bertz CT molecular complexity index is 751. The average Bonchev–Trinajstić information content (AvgIpc) is 2.75. The van der Waals surface area contributed by atoms with Gasteiger partial charge in [0.15, 0.2) is 0 Å². The molecule has 2 aliphatic rings. The molecule has 3 N–H and O–H groups in total. The summed E-state index contributed by atoms with van der Waals surface area (Å²) in [5.41, 5.74) is 2.16. The lowest BCUT2D eigenvalue weighted by molar-refractivity contribution is -0.128. The summed E-state index contributed by atoms with van der Waals surface area (Å²) < 4.78 is 0. The molecular weight excluding hydrogens is 392 g/mol. The van der Waals surface area contributed by atoms with Gasteiger partial charge in [-0.1, -0.05) is 49.1 Å². The number of urea groups is 1. The Labute approximate surface area is 185 Å². The Morgan fingerprint density at radius 3 is 2.16 bits per heavy atom. The van der Waals surface area contributed by atoms with Crippen LogP contribution in [0.5, 0.6) is 0 Å². The van der Waals surface area contributed by atoms with E-state index in [9.17, 15) is 14.4 Å². The molecular formula is C24H36N4O3. The van der Waals surface area contributed by atoms with E-state index in [1.54, 1.807) is 0 Å². The lowest BCUT2D eigenvalue weighted by atomic mass is 9.95. The first-order chi connectivity index (χ1) is 14.9. The molecule has 1 saturated heterocycles. The van der Waals surface area contributed by atoms with Crippen molar-refractivity contribution >= 4 is 17.8 Å². The topological polar surface area (TPSA) is 90.5 Å². The van der Waals surface area contributed by atoms with Gasteiger partial charge in [-0.15, -0.1) is 0 Å². The third-order valence-electron chi connectivity index (χ3n) is 6.32. The molecule has 1 aliphatic carbocycles. The van der Waals surface area contributed by atoms with Crippen molar-refractivity contribution in [3.8, 4) is 0 Å². The Morgan fingerprint density at radius 1 is 0.935 bits per heavy atom. The maximum absolute atomic E-state index is 12.9. The lowest BCUT2D eigenvalue weighted by Crippen LogP contribution is -2.54. The highest BCUT2D eigenvalue weighted by molar-refractivity contribution is 5.87. The molecule has 0 spiro atoms. The minimum atomic E-state index is -0.604. The number of nitrogens with one attached hydrogen (secondary N) is 3. The summed E-state index contributed by atoms with van der Waals surface area (Å²) in [4.78, 5) is 38.9. The highest BCUT2D eigenvalue weighted by Crippen LogP contribution is 2.18. The van der Waals surface area contributed by atoms with Crippen LogP contribution in [0.15, 0.2) is 24.3 Å². The fourth-order valence-electron chi connectivity index (χ4n) is 4.46. The van der Waals surface area contributed by atoms with E-state index in [4.69, 9.17) is 0 Å². The van der Waals surface area contributed by atoms with Crippen LogP contribution in [0.4, 0.5) is 4.79 Å². The van der Waals surface area contributed by atoms with Crippen molar-refractivity contribution in [3.05, 3.63) is 35.4 Å². The van der Waals surface area contributed by atoms with Crippen molar-refractivity contribution < 1.29 is 14.4 Å². The first kappa shape index (κ1) is 23.1. The molecule has 1 heterocycles. The van der Waals surface area contributed by atoms with Gasteiger partial charge in [-0.2, -0.15) is 0 Å². The Balaban J connectivity index is 1.47. The number of carbonyl (C=O) groups is 3. The lowest BCUT2D eigenvalue weighted by Gasteiger charge is -2.34. The highest BCUT2D eigenvalue weighted by Gasteiger charge is 2.28. The smallest absolute Gasteiger partial charge is 0.317 e. The molecule has 0 radical (unpaired) electrons. The zero-order valence-electron chi connectivity index (χ0n) is 18.8. The molecule has 0 bridgehead atoms. The van der Waals surface area contributed by atoms with Crippen molar-refractivity contribution in [1.29, 1.82) is 0 Å². The van der Waals surface area contributed by atoms with E-state index in [-0.39, 0.29) is 23.9 Å². The first-order valence-electron chi connectivity index (χ1n) is 11.6. The van der Waals surface area contributed by atoms with Crippen LogP contribution in [0, 0.1) is 6.92 Å². The zero-order chi connectivity index (χ0) is 22.2. The molecule has 7 heteroatoms. The predicted molar refractivity (Wildman–Crippen MR) is 121 cm³/mol. The Hall–Kier alpha value is -2.57. The van der Waals surface area contributed by atoms with Crippen molar-refractivity contribution in [1.82, 2.24) is 20.9 Å². The van der Waals surface area contributed by atoms with Gasteiger partial charge in [0.05, 0.1) is 0 Å². The molecule has 3 rings (SSSR count). The van der Waals surface area contributed by atoms with Gasteiger partial charge in [0.1, 0.15) is 6.04 Å². The number of aryl methyl sites for hydroxylation is 1. The number of benzene rings is 1. The number of amides is 4. The number of likely N-dealkylation sites (tertiary alicyclic amines) is 1. The van der Waals surface area contributed by atoms with Gasteiger partial charge in [0.2, 0.25) is 11.8 Å². The van der Waals surface area contributed by atoms with Gasteiger partial charge in [0.25, 0.3) is 0 Å². The molecule has 31 heavy (non-hydrogen) atoms. The van der Waals surface area contributed by atoms with Gasteiger partial charge >= 0.3 is 6.03 Å². The second kappa shape index (κ2) is 11.2. The van der Waals surface area contributed by atoms with E-state index < -0.39 is 6.04 Å². The SMILES string of the molecule is CC(=O)N[C@@H](Cc1ccc(C)cc1)C(=O)NC1CCN(C(=O)NC2CCCCC2)CC1. The van der Waals surface area contributed by atoms with Crippen LogP contribution in [0.3, 0.4) is 0 Å². The van der Waals surface area contributed by atoms with Crippen LogP contribution < -0.4 is 16.0 Å². The van der Waals surface area contributed by atoms with Crippen molar-refractivity contribution in [2.45, 2.75) is 83.3 Å². The third kappa shape index (κ3) is 7.26. The summed E-state index contributed by atoms with van der Waals surface area (Å²) in [7, 11) is 0. The van der Waals surface area contributed by atoms with Crippen molar-refractivity contribution in [3.63, 3.8) is 0 Å².